The molecule has 0 aliphatic rings. The summed E-state index contributed by atoms with van der Waals surface area (Å²) in [6, 6.07) is 7.24. The Morgan fingerprint density at radius 2 is 2.07 bits per heavy atom. The van der Waals surface area contributed by atoms with Crippen LogP contribution in [0.15, 0.2) is 36.8 Å². The zero-order valence-electron chi connectivity index (χ0n) is 8.10. The van der Waals surface area contributed by atoms with Gasteiger partial charge in [-0.3, -0.25) is 4.79 Å². The Hall–Kier alpha value is -2.10. The van der Waals surface area contributed by atoms with E-state index in [2.05, 4.69) is 9.97 Å². The van der Waals surface area contributed by atoms with Crippen LogP contribution >= 0.6 is 0 Å². The maximum Gasteiger partial charge on any atom is 0.248 e. The number of hydrogen-bond donors (Lipinski definition) is 2. The van der Waals surface area contributed by atoms with Crippen LogP contribution in [-0.4, -0.2) is 15.9 Å². The van der Waals surface area contributed by atoms with Crippen LogP contribution in [0, 0.1) is 0 Å². The molecule has 0 atom stereocenters. The molecule has 0 saturated heterocycles. The van der Waals surface area contributed by atoms with Gasteiger partial charge in [0.2, 0.25) is 5.91 Å². The van der Waals surface area contributed by atoms with Crippen LogP contribution in [0.1, 0.15) is 21.6 Å². The molecule has 1 aromatic carbocycles. The summed E-state index contributed by atoms with van der Waals surface area (Å²) in [5.74, 6) is -0.400. The van der Waals surface area contributed by atoms with E-state index in [1.165, 1.54) is 0 Å². The Balaban J connectivity index is 2.14. The van der Waals surface area contributed by atoms with E-state index in [0.717, 1.165) is 17.7 Å². The molecule has 0 unspecified atom stereocenters. The average molecular weight is 201 g/mol. The summed E-state index contributed by atoms with van der Waals surface area (Å²) >= 11 is 0. The first kappa shape index (κ1) is 9.45. The van der Waals surface area contributed by atoms with Gasteiger partial charge in [0.05, 0.1) is 6.33 Å². The van der Waals surface area contributed by atoms with Crippen LogP contribution in [0.4, 0.5) is 0 Å². The number of hydrogen-bond acceptors (Lipinski definition) is 2. The lowest BCUT2D eigenvalue weighted by Gasteiger charge is -2.00. The highest BCUT2D eigenvalue weighted by atomic mass is 16.1. The van der Waals surface area contributed by atoms with Crippen molar-refractivity contribution in [1.29, 1.82) is 0 Å². The lowest BCUT2D eigenvalue weighted by Crippen LogP contribution is -2.10. The predicted molar refractivity (Wildman–Crippen MR) is 56.4 cm³/mol. The van der Waals surface area contributed by atoms with E-state index in [1.54, 1.807) is 24.7 Å². The topological polar surface area (TPSA) is 71.8 Å². The second-order valence-corrected chi connectivity index (χ2v) is 3.31. The van der Waals surface area contributed by atoms with Crippen LogP contribution in [0.2, 0.25) is 0 Å². The molecular weight excluding hydrogens is 190 g/mol. The molecule has 3 N–H and O–H groups in total. The maximum absolute atomic E-state index is 10.8. The van der Waals surface area contributed by atoms with E-state index in [9.17, 15) is 4.79 Å². The summed E-state index contributed by atoms with van der Waals surface area (Å²) < 4.78 is 0. The Bertz CT molecular complexity index is 445. The van der Waals surface area contributed by atoms with Crippen molar-refractivity contribution in [2.45, 2.75) is 6.42 Å². The third kappa shape index (κ3) is 2.22. The Morgan fingerprint density at radius 1 is 1.33 bits per heavy atom. The number of carbonyl (C=O) groups excluding carboxylic acids is 1. The first-order chi connectivity index (χ1) is 7.25. The number of nitrogens with zero attached hydrogens (tertiary/aromatic N) is 1. The number of aromatic nitrogens is 2. The molecule has 4 heteroatoms. The van der Waals surface area contributed by atoms with Gasteiger partial charge in [-0.05, 0) is 17.7 Å². The summed E-state index contributed by atoms with van der Waals surface area (Å²) in [5.41, 5.74) is 7.83. The van der Waals surface area contributed by atoms with Gasteiger partial charge in [-0.1, -0.05) is 12.1 Å². The van der Waals surface area contributed by atoms with Crippen molar-refractivity contribution in [3.05, 3.63) is 53.6 Å². The largest absolute Gasteiger partial charge is 0.366 e. The summed E-state index contributed by atoms with van der Waals surface area (Å²) in [5, 5.41) is 0. The normalized spacial score (nSPS) is 10.1. The molecule has 0 spiro atoms. The van der Waals surface area contributed by atoms with E-state index >= 15 is 0 Å². The minimum Gasteiger partial charge on any atom is -0.366 e. The average Bonchev–Trinajstić information content (AvgIpc) is 2.71. The highest BCUT2D eigenvalue weighted by molar-refractivity contribution is 5.92. The van der Waals surface area contributed by atoms with Gasteiger partial charge in [0.25, 0.3) is 0 Å². The van der Waals surface area contributed by atoms with Gasteiger partial charge in [0.1, 0.15) is 0 Å². The van der Waals surface area contributed by atoms with Gasteiger partial charge in [-0.15, -0.1) is 0 Å². The molecule has 0 saturated carbocycles. The van der Waals surface area contributed by atoms with Crippen LogP contribution in [0.3, 0.4) is 0 Å². The molecule has 0 aliphatic heterocycles. The van der Waals surface area contributed by atoms with Crippen LogP contribution in [0.5, 0.6) is 0 Å². The molecule has 1 amide bonds. The summed E-state index contributed by atoms with van der Waals surface area (Å²) in [4.78, 5) is 17.8. The number of amides is 1. The monoisotopic (exact) mass is 201 g/mol. The quantitative estimate of drug-likeness (QED) is 0.780. The van der Waals surface area contributed by atoms with Gasteiger partial charge in [-0.25, -0.2) is 4.98 Å². The number of benzene rings is 1. The van der Waals surface area contributed by atoms with Crippen molar-refractivity contribution in [1.82, 2.24) is 9.97 Å². The van der Waals surface area contributed by atoms with E-state index in [0.29, 0.717) is 5.56 Å². The number of H-pyrrole nitrogens is 1. The second kappa shape index (κ2) is 3.96. The zero-order valence-corrected chi connectivity index (χ0v) is 8.10. The Kier molecular flexibility index (Phi) is 2.49. The first-order valence-electron chi connectivity index (χ1n) is 4.62. The van der Waals surface area contributed by atoms with Gasteiger partial charge >= 0.3 is 0 Å². The molecule has 0 aliphatic carbocycles. The number of imidazole rings is 1. The van der Waals surface area contributed by atoms with Crippen molar-refractivity contribution in [3.63, 3.8) is 0 Å². The van der Waals surface area contributed by atoms with E-state index in [4.69, 9.17) is 5.73 Å². The fourth-order valence-corrected chi connectivity index (χ4v) is 1.39. The molecule has 2 rings (SSSR count). The van der Waals surface area contributed by atoms with Crippen molar-refractivity contribution in [2.75, 3.05) is 0 Å². The highest BCUT2D eigenvalue weighted by Gasteiger charge is 2.00. The molecular formula is C11H11N3O. The number of primary amides is 1. The lowest BCUT2D eigenvalue weighted by atomic mass is 10.1. The molecule has 0 bridgehead atoms. The minimum absolute atomic E-state index is 0.400. The number of nitrogens with one attached hydrogen (secondary N) is 1. The molecule has 0 fully saturated rings. The lowest BCUT2D eigenvalue weighted by molar-refractivity contribution is 0.100. The highest BCUT2D eigenvalue weighted by Crippen LogP contribution is 2.08. The van der Waals surface area contributed by atoms with Gasteiger partial charge in [-0.2, -0.15) is 0 Å². The first-order valence-corrected chi connectivity index (χ1v) is 4.62. The molecule has 76 valence electrons. The van der Waals surface area contributed by atoms with Crippen LogP contribution in [-0.2, 0) is 6.42 Å². The van der Waals surface area contributed by atoms with Gasteiger partial charge in [0.15, 0.2) is 0 Å². The fraction of sp³-hybridized carbons (Fsp3) is 0.0909. The third-order valence-electron chi connectivity index (χ3n) is 2.19. The third-order valence-corrected chi connectivity index (χ3v) is 2.19. The molecule has 4 nitrogen and oxygen atoms in total. The van der Waals surface area contributed by atoms with E-state index < -0.39 is 5.91 Å². The summed E-state index contributed by atoms with van der Waals surface area (Å²) in [7, 11) is 0. The van der Waals surface area contributed by atoms with Crippen molar-refractivity contribution >= 4 is 5.91 Å². The van der Waals surface area contributed by atoms with E-state index in [1.807, 2.05) is 12.1 Å². The van der Waals surface area contributed by atoms with Crippen molar-refractivity contribution < 1.29 is 4.79 Å². The van der Waals surface area contributed by atoms with Gasteiger partial charge in [0, 0.05) is 23.9 Å². The Labute approximate surface area is 87.1 Å². The fourth-order valence-electron chi connectivity index (χ4n) is 1.39. The molecule has 1 heterocycles. The van der Waals surface area contributed by atoms with Gasteiger partial charge < -0.3 is 10.7 Å². The van der Waals surface area contributed by atoms with Crippen molar-refractivity contribution in [2.24, 2.45) is 5.73 Å². The number of rotatable bonds is 3. The molecule has 0 radical (unpaired) electrons. The van der Waals surface area contributed by atoms with Crippen LogP contribution in [0.25, 0.3) is 0 Å². The maximum atomic E-state index is 10.8. The van der Waals surface area contributed by atoms with Crippen LogP contribution < -0.4 is 5.73 Å². The zero-order chi connectivity index (χ0) is 10.7. The van der Waals surface area contributed by atoms with Crippen molar-refractivity contribution in [3.8, 4) is 0 Å². The van der Waals surface area contributed by atoms with E-state index in [-0.39, 0.29) is 0 Å². The number of nitrogens with two attached hydrogens (primary N) is 1. The Morgan fingerprint density at radius 3 is 2.60 bits per heavy atom. The predicted octanol–water partition coefficient (Wildman–Crippen LogP) is 1.10. The SMILES string of the molecule is NC(=O)c1ccc(Cc2cnc[nH]2)cc1. The second-order valence-electron chi connectivity index (χ2n) is 3.31. The number of carbonyl (C=O) groups is 1. The molecule has 2 aromatic rings. The molecule has 15 heavy (non-hydrogen) atoms. The smallest absolute Gasteiger partial charge is 0.248 e. The molecule has 1 aromatic heterocycles. The number of aromatic amines is 1. The minimum atomic E-state index is -0.400. The summed E-state index contributed by atoms with van der Waals surface area (Å²) in [6.07, 6.45) is 4.20. The standard InChI is InChI=1S/C11H11N3O/c12-11(15)9-3-1-8(2-4-9)5-10-6-13-7-14-10/h1-4,6-7H,5H2,(H2,12,15)(H,13,14). The summed E-state index contributed by atoms with van der Waals surface area (Å²) in [6.45, 7) is 0.